The molecule has 14 nitrogen and oxygen atoms in total. The lowest BCUT2D eigenvalue weighted by molar-refractivity contribution is -0.137. The number of rotatable bonds is 8. The minimum atomic E-state index is -4.63. The molecule has 0 bridgehead atoms. The van der Waals surface area contributed by atoms with Crippen LogP contribution in [0.3, 0.4) is 0 Å². The Morgan fingerprint density at radius 1 is 1.20 bits per heavy atom. The van der Waals surface area contributed by atoms with Crippen LogP contribution >= 0.6 is 11.6 Å². The molecule has 1 saturated heterocycles. The van der Waals surface area contributed by atoms with Crippen molar-refractivity contribution in [3.63, 3.8) is 0 Å². The number of hydrogen-bond acceptors (Lipinski definition) is 10. The van der Waals surface area contributed by atoms with E-state index in [0.717, 1.165) is 39.5 Å². The molecule has 3 aromatic heterocycles. The third kappa shape index (κ3) is 7.10. The molecule has 1 aliphatic carbocycles. The zero-order valence-corrected chi connectivity index (χ0v) is 30.3. The van der Waals surface area contributed by atoms with E-state index in [-0.39, 0.29) is 59.4 Å². The highest BCUT2D eigenvalue weighted by Crippen LogP contribution is 2.50. The molecule has 2 amide bonds. The van der Waals surface area contributed by atoms with Gasteiger partial charge in [0.1, 0.15) is 12.9 Å². The van der Waals surface area contributed by atoms with Crippen LogP contribution in [-0.4, -0.2) is 97.3 Å². The molecule has 1 unspecified atom stereocenters. The van der Waals surface area contributed by atoms with Crippen LogP contribution in [0.25, 0.3) is 11.4 Å². The molecular formula is C35H35ClF5N9O5. The van der Waals surface area contributed by atoms with Gasteiger partial charge in [0.2, 0.25) is 11.7 Å². The predicted octanol–water partition coefficient (Wildman–Crippen LogP) is 4.88. The highest BCUT2D eigenvalue weighted by Gasteiger charge is 2.49. The Morgan fingerprint density at radius 2 is 1.95 bits per heavy atom. The highest BCUT2D eigenvalue weighted by molar-refractivity contribution is 6.33. The number of carbonyl (C=O) groups is 2. The number of alkyl halides is 5. The molecule has 0 saturated carbocycles. The van der Waals surface area contributed by atoms with Crippen LogP contribution in [0.15, 0.2) is 35.4 Å². The highest BCUT2D eigenvalue weighted by atomic mass is 35.5. The van der Waals surface area contributed by atoms with E-state index in [9.17, 15) is 41.4 Å². The number of hydrogen-bond donors (Lipinski definition) is 2. The Morgan fingerprint density at radius 3 is 2.60 bits per heavy atom. The van der Waals surface area contributed by atoms with Crippen molar-refractivity contribution in [1.29, 1.82) is 0 Å². The van der Waals surface area contributed by atoms with Crippen LogP contribution in [0.5, 0.6) is 5.75 Å². The van der Waals surface area contributed by atoms with E-state index in [4.69, 9.17) is 21.3 Å². The number of likely N-dealkylation sites (tertiary alicyclic amines) is 1. The molecular weight excluding hydrogens is 757 g/mol. The molecule has 2 aliphatic heterocycles. The average molecular weight is 792 g/mol. The number of ether oxygens (including phenoxy) is 1. The van der Waals surface area contributed by atoms with E-state index in [1.165, 1.54) is 11.9 Å². The summed E-state index contributed by atoms with van der Waals surface area (Å²) in [4.78, 5) is 56.8. The number of fused-ring (bicyclic) bond motifs is 3. The van der Waals surface area contributed by atoms with Crippen molar-refractivity contribution in [3.05, 3.63) is 74.3 Å². The summed E-state index contributed by atoms with van der Waals surface area (Å²) in [6.45, 7) is 1.86. The zero-order chi connectivity index (χ0) is 39.4. The van der Waals surface area contributed by atoms with Crippen molar-refractivity contribution in [2.45, 2.75) is 63.1 Å². The first kappa shape index (κ1) is 38.1. The summed E-state index contributed by atoms with van der Waals surface area (Å²) < 4.78 is 74.0. The molecule has 3 aliphatic rings. The van der Waals surface area contributed by atoms with Crippen LogP contribution in [-0.2, 0) is 27.7 Å². The number of piperidine rings is 1. The number of anilines is 2. The summed E-state index contributed by atoms with van der Waals surface area (Å²) in [5.74, 6) is -2.01. The molecule has 1 spiro atoms. The molecule has 292 valence electrons. The minimum absolute atomic E-state index is 0.0352. The smallest absolute Gasteiger partial charge is 0.416 e. The van der Waals surface area contributed by atoms with Gasteiger partial charge in [-0.25, -0.2) is 18.7 Å². The summed E-state index contributed by atoms with van der Waals surface area (Å²) in [5.41, 5.74) is -0.820. The van der Waals surface area contributed by atoms with Gasteiger partial charge in [-0.3, -0.25) is 14.4 Å². The maximum atomic E-state index is 14.5. The molecule has 2 N–H and O–H groups in total. The zero-order valence-electron chi connectivity index (χ0n) is 29.5. The number of aromatic hydroxyl groups is 1. The van der Waals surface area contributed by atoms with E-state index in [0.29, 0.717) is 50.2 Å². The van der Waals surface area contributed by atoms with Gasteiger partial charge in [0.15, 0.2) is 23.1 Å². The monoisotopic (exact) mass is 791 g/mol. The SMILES string of the molecule is CC1CC2(CCN(C(=O)c3ncnc(N(C)CC(F)F)c3O)CC2)c2c1n(CC(=O)Nc1ccc(C(F)(F)F)cc1Cl)c1nc(C3=CCOCC3)nn1c2=O. The number of carbonyl (C=O) groups excluding carboxylic acids is 2. The summed E-state index contributed by atoms with van der Waals surface area (Å²) in [6, 6.07) is 2.60. The first-order valence-electron chi connectivity index (χ1n) is 17.4. The Hall–Kier alpha value is -5.17. The first-order chi connectivity index (χ1) is 26.1. The molecule has 1 aromatic carbocycles. The molecule has 4 aromatic rings. The minimum Gasteiger partial charge on any atom is -0.503 e. The Labute approximate surface area is 314 Å². The second-order valence-corrected chi connectivity index (χ2v) is 14.3. The number of benzene rings is 1. The van der Waals surface area contributed by atoms with E-state index in [2.05, 4.69) is 20.4 Å². The van der Waals surface area contributed by atoms with Gasteiger partial charge in [-0.15, -0.1) is 5.10 Å². The Balaban J connectivity index is 1.22. The molecule has 7 rings (SSSR count). The van der Waals surface area contributed by atoms with E-state index in [1.54, 1.807) is 4.57 Å². The molecule has 20 heteroatoms. The van der Waals surface area contributed by atoms with Crippen LogP contribution in [0.1, 0.15) is 71.7 Å². The Bertz CT molecular complexity index is 2270. The lowest BCUT2D eigenvalue weighted by atomic mass is 9.73. The number of halogens is 6. The molecule has 55 heavy (non-hydrogen) atoms. The molecule has 5 heterocycles. The van der Waals surface area contributed by atoms with Gasteiger partial charge in [-0.1, -0.05) is 24.6 Å². The van der Waals surface area contributed by atoms with Crippen LogP contribution < -0.4 is 15.8 Å². The standard InChI is InChI=1S/C35H35ClF5N9O5/c1-18-14-34(7-9-48(10-8-34)32(54)26-28(52)30(43-17-42-26)47(2)15-23(37)38)25-27(18)49(16-24(51)44-22-4-3-20(13-21(22)36)35(39,40)41)33-45-29(46-50(33)31(25)53)19-5-11-55-12-6-19/h3-5,13,17-18,23,52H,6-12,14-16H2,1-2H3,(H,44,51). The van der Waals surface area contributed by atoms with Crippen LogP contribution in [0.4, 0.5) is 33.5 Å². The predicted molar refractivity (Wildman–Crippen MR) is 189 cm³/mol. The number of aromatic nitrogens is 6. The maximum absolute atomic E-state index is 14.5. The van der Waals surface area contributed by atoms with Gasteiger partial charge in [0.25, 0.3) is 17.9 Å². The van der Waals surface area contributed by atoms with Gasteiger partial charge in [0, 0.05) is 36.8 Å². The summed E-state index contributed by atoms with van der Waals surface area (Å²) in [7, 11) is 1.31. The van der Waals surface area contributed by atoms with E-state index in [1.807, 2.05) is 13.0 Å². The van der Waals surface area contributed by atoms with Crippen molar-refractivity contribution >= 4 is 46.3 Å². The number of nitrogens with one attached hydrogen (secondary N) is 1. The number of amides is 2. The van der Waals surface area contributed by atoms with Gasteiger partial charge >= 0.3 is 6.18 Å². The van der Waals surface area contributed by atoms with Crippen molar-refractivity contribution in [2.24, 2.45) is 0 Å². The third-order valence-corrected chi connectivity index (χ3v) is 10.7. The second-order valence-electron chi connectivity index (χ2n) is 13.9. The molecule has 1 fully saturated rings. The third-order valence-electron chi connectivity index (χ3n) is 10.4. The van der Waals surface area contributed by atoms with Gasteiger partial charge in [-0.2, -0.15) is 22.7 Å². The van der Waals surface area contributed by atoms with Crippen molar-refractivity contribution < 1.29 is 41.4 Å². The maximum Gasteiger partial charge on any atom is 0.416 e. The fourth-order valence-electron chi connectivity index (χ4n) is 7.86. The van der Waals surface area contributed by atoms with E-state index >= 15 is 0 Å². The van der Waals surface area contributed by atoms with Gasteiger partial charge < -0.3 is 29.5 Å². The first-order valence-corrected chi connectivity index (χ1v) is 17.8. The Kier molecular flexibility index (Phi) is 10.0. The second kappa shape index (κ2) is 14.5. The summed E-state index contributed by atoms with van der Waals surface area (Å²) >= 11 is 6.14. The number of nitrogens with zero attached hydrogens (tertiary/aromatic N) is 8. The fourth-order valence-corrected chi connectivity index (χ4v) is 8.09. The summed E-state index contributed by atoms with van der Waals surface area (Å²) in [5, 5.41) is 17.7. The topological polar surface area (TPSA) is 160 Å². The van der Waals surface area contributed by atoms with Crippen LogP contribution in [0.2, 0.25) is 5.02 Å². The summed E-state index contributed by atoms with van der Waals surface area (Å²) in [6.07, 6.45) is -2.91. The molecule has 1 atom stereocenters. The lowest BCUT2D eigenvalue weighted by Gasteiger charge is -2.39. The molecule has 0 radical (unpaired) electrons. The largest absolute Gasteiger partial charge is 0.503 e. The van der Waals surface area contributed by atoms with Crippen molar-refractivity contribution in [3.8, 4) is 5.75 Å². The lowest BCUT2D eigenvalue weighted by Crippen LogP contribution is -2.47. The van der Waals surface area contributed by atoms with Crippen molar-refractivity contribution in [1.82, 2.24) is 34.0 Å². The fraction of sp³-hybridized carbons (Fsp3) is 0.457. The van der Waals surface area contributed by atoms with Gasteiger partial charge in [0.05, 0.1) is 36.0 Å². The average Bonchev–Trinajstić information content (AvgIpc) is 3.71. The van der Waals surface area contributed by atoms with Crippen LogP contribution in [0, 0.1) is 0 Å². The van der Waals surface area contributed by atoms with Crippen molar-refractivity contribution in [2.75, 3.05) is 50.1 Å². The van der Waals surface area contributed by atoms with E-state index < -0.39 is 53.2 Å². The normalized spacial score (nSPS) is 18.2. The quantitative estimate of drug-likeness (QED) is 0.236. The van der Waals surface area contributed by atoms with Gasteiger partial charge in [-0.05, 0) is 55.4 Å².